The summed E-state index contributed by atoms with van der Waals surface area (Å²) in [5, 5.41) is 16.6. The minimum Gasteiger partial charge on any atom is -0.481 e. The van der Waals surface area contributed by atoms with E-state index in [1.807, 2.05) is 0 Å². The van der Waals surface area contributed by atoms with E-state index in [9.17, 15) is 9.59 Å². The van der Waals surface area contributed by atoms with E-state index >= 15 is 0 Å². The van der Waals surface area contributed by atoms with Crippen molar-refractivity contribution in [2.24, 2.45) is 5.92 Å². The molecule has 0 saturated carbocycles. The first-order valence-electron chi connectivity index (χ1n) is 5.85. The molecular formula is C12H24O4. The molecule has 0 aliphatic rings. The normalized spacial score (nSPS) is 11.2. The molecule has 0 aromatic carbocycles. The summed E-state index contributed by atoms with van der Waals surface area (Å²) in [6.45, 7) is 5.50. The second-order valence-electron chi connectivity index (χ2n) is 3.69. The van der Waals surface area contributed by atoms with E-state index in [2.05, 4.69) is 6.92 Å². The molecule has 0 aromatic heterocycles. The van der Waals surface area contributed by atoms with Crippen molar-refractivity contribution in [2.75, 3.05) is 6.61 Å². The molecular weight excluding hydrogens is 208 g/mol. The first-order valence-corrected chi connectivity index (χ1v) is 5.85. The van der Waals surface area contributed by atoms with Gasteiger partial charge in [-0.3, -0.25) is 9.59 Å². The molecule has 16 heavy (non-hydrogen) atoms. The van der Waals surface area contributed by atoms with Crippen LogP contribution >= 0.6 is 0 Å². The lowest BCUT2D eigenvalue weighted by Gasteiger charge is -2.01. The smallest absolute Gasteiger partial charge is 0.314 e. The van der Waals surface area contributed by atoms with E-state index in [4.69, 9.17) is 10.2 Å². The summed E-state index contributed by atoms with van der Waals surface area (Å²) in [5.74, 6) is -2.10. The van der Waals surface area contributed by atoms with Crippen LogP contribution in [-0.4, -0.2) is 28.6 Å². The van der Waals surface area contributed by atoms with Gasteiger partial charge in [0.1, 0.15) is 11.7 Å². The quantitative estimate of drug-likeness (QED) is 0.521. The zero-order chi connectivity index (χ0) is 13.0. The number of carbonyl (C=O) groups is 2. The van der Waals surface area contributed by atoms with E-state index in [-0.39, 0.29) is 5.78 Å². The average molecular weight is 232 g/mol. The van der Waals surface area contributed by atoms with Gasteiger partial charge in [0, 0.05) is 6.61 Å². The maximum atomic E-state index is 10.4. The van der Waals surface area contributed by atoms with Gasteiger partial charge in [-0.15, -0.1) is 0 Å². The number of hydrogen-bond donors (Lipinski definition) is 2. The highest BCUT2D eigenvalue weighted by Gasteiger charge is 2.19. The zero-order valence-corrected chi connectivity index (χ0v) is 10.5. The lowest BCUT2D eigenvalue weighted by molar-refractivity contribution is -0.145. The zero-order valence-electron chi connectivity index (χ0n) is 10.5. The topological polar surface area (TPSA) is 74.6 Å². The maximum Gasteiger partial charge on any atom is 0.314 e. The van der Waals surface area contributed by atoms with Crippen LogP contribution in [0, 0.1) is 5.92 Å². The van der Waals surface area contributed by atoms with Gasteiger partial charge >= 0.3 is 5.97 Å². The van der Waals surface area contributed by atoms with Crippen LogP contribution in [0.1, 0.15) is 52.9 Å². The Labute approximate surface area is 97.7 Å². The SMILES string of the molecule is CCC(C(C)=O)C(=O)O.CCCCCCO. The van der Waals surface area contributed by atoms with Crippen LogP contribution in [0.15, 0.2) is 0 Å². The molecule has 0 bridgehead atoms. The number of aliphatic hydroxyl groups excluding tert-OH is 1. The highest BCUT2D eigenvalue weighted by molar-refractivity contribution is 5.96. The summed E-state index contributed by atoms with van der Waals surface area (Å²) >= 11 is 0. The average Bonchev–Trinajstić information content (AvgIpc) is 2.19. The predicted octanol–water partition coefficient (Wildman–Crippen LogP) is 2.25. The van der Waals surface area contributed by atoms with Crippen LogP contribution in [-0.2, 0) is 9.59 Å². The number of carbonyl (C=O) groups excluding carboxylic acids is 1. The van der Waals surface area contributed by atoms with Crippen LogP contribution in [0.3, 0.4) is 0 Å². The van der Waals surface area contributed by atoms with Crippen LogP contribution in [0.5, 0.6) is 0 Å². The lowest BCUT2D eigenvalue weighted by Crippen LogP contribution is -2.19. The van der Waals surface area contributed by atoms with Crippen LogP contribution in [0.2, 0.25) is 0 Å². The fraction of sp³-hybridized carbons (Fsp3) is 0.833. The van der Waals surface area contributed by atoms with Crippen LogP contribution in [0.25, 0.3) is 0 Å². The number of carboxylic acid groups (broad SMARTS) is 1. The Morgan fingerprint density at radius 2 is 1.69 bits per heavy atom. The fourth-order valence-electron chi connectivity index (χ4n) is 1.17. The van der Waals surface area contributed by atoms with Crippen LogP contribution < -0.4 is 0 Å². The summed E-state index contributed by atoms with van der Waals surface area (Å²) in [6, 6.07) is 0. The summed E-state index contributed by atoms with van der Waals surface area (Å²) in [5.41, 5.74) is 0. The van der Waals surface area contributed by atoms with E-state index in [0.717, 1.165) is 6.42 Å². The van der Waals surface area contributed by atoms with Crippen molar-refractivity contribution in [3.05, 3.63) is 0 Å². The van der Waals surface area contributed by atoms with Gasteiger partial charge in [-0.25, -0.2) is 0 Å². The van der Waals surface area contributed by atoms with Gasteiger partial charge in [-0.2, -0.15) is 0 Å². The summed E-state index contributed by atoms with van der Waals surface area (Å²) < 4.78 is 0. The predicted molar refractivity (Wildman–Crippen MR) is 63.3 cm³/mol. The van der Waals surface area contributed by atoms with E-state index in [1.54, 1.807) is 6.92 Å². The van der Waals surface area contributed by atoms with E-state index in [0.29, 0.717) is 13.0 Å². The van der Waals surface area contributed by atoms with E-state index in [1.165, 1.54) is 26.2 Å². The van der Waals surface area contributed by atoms with Gasteiger partial charge in [0.05, 0.1) is 0 Å². The Bertz CT molecular complexity index is 171. The largest absolute Gasteiger partial charge is 0.481 e. The standard InChI is InChI=1S/C6H10O3.C6H14O/c1-3-5(4(2)7)6(8)9;1-2-3-4-5-6-7/h5H,3H2,1-2H3,(H,8,9);7H,2-6H2,1H3. The Morgan fingerprint density at radius 3 is 1.88 bits per heavy atom. The van der Waals surface area contributed by atoms with Gasteiger partial charge in [-0.1, -0.05) is 33.1 Å². The lowest BCUT2D eigenvalue weighted by atomic mass is 10.0. The van der Waals surface area contributed by atoms with Crippen molar-refractivity contribution in [3.63, 3.8) is 0 Å². The molecule has 96 valence electrons. The summed E-state index contributed by atoms with van der Waals surface area (Å²) in [7, 11) is 0. The fourth-order valence-corrected chi connectivity index (χ4v) is 1.17. The number of hydrogen-bond acceptors (Lipinski definition) is 3. The third-order valence-electron chi connectivity index (χ3n) is 2.21. The van der Waals surface area contributed by atoms with Crippen molar-refractivity contribution in [2.45, 2.75) is 52.9 Å². The molecule has 1 atom stereocenters. The Kier molecular flexibility index (Phi) is 13.3. The van der Waals surface area contributed by atoms with Crippen molar-refractivity contribution in [3.8, 4) is 0 Å². The first kappa shape index (κ1) is 17.5. The highest BCUT2D eigenvalue weighted by atomic mass is 16.4. The molecule has 0 fully saturated rings. The second kappa shape index (κ2) is 12.2. The molecule has 2 N–H and O–H groups in total. The maximum absolute atomic E-state index is 10.4. The first-order chi connectivity index (χ1) is 7.51. The minimum atomic E-state index is -1.02. The number of aliphatic carboxylic acids is 1. The molecule has 0 heterocycles. The number of carboxylic acids is 1. The number of Topliss-reactive ketones (excluding diaryl/α,β-unsaturated/α-hetero) is 1. The molecule has 4 heteroatoms. The van der Waals surface area contributed by atoms with Gasteiger partial charge in [0.25, 0.3) is 0 Å². The van der Waals surface area contributed by atoms with Crippen LogP contribution in [0.4, 0.5) is 0 Å². The van der Waals surface area contributed by atoms with Crippen molar-refractivity contribution in [1.29, 1.82) is 0 Å². The molecule has 0 rings (SSSR count). The van der Waals surface area contributed by atoms with Gasteiger partial charge < -0.3 is 10.2 Å². The molecule has 0 aliphatic heterocycles. The second-order valence-corrected chi connectivity index (χ2v) is 3.69. The number of unbranched alkanes of at least 4 members (excludes halogenated alkanes) is 3. The Morgan fingerprint density at radius 1 is 1.12 bits per heavy atom. The molecule has 0 spiro atoms. The van der Waals surface area contributed by atoms with Gasteiger partial charge in [-0.05, 0) is 19.8 Å². The number of aliphatic hydroxyl groups is 1. The van der Waals surface area contributed by atoms with E-state index < -0.39 is 11.9 Å². The molecule has 0 aromatic rings. The molecule has 0 saturated heterocycles. The summed E-state index contributed by atoms with van der Waals surface area (Å²) in [4.78, 5) is 20.6. The Balaban J connectivity index is 0. The third-order valence-corrected chi connectivity index (χ3v) is 2.21. The Hall–Kier alpha value is -0.900. The number of ketones is 1. The molecule has 4 nitrogen and oxygen atoms in total. The van der Waals surface area contributed by atoms with Gasteiger partial charge in [0.15, 0.2) is 0 Å². The monoisotopic (exact) mass is 232 g/mol. The van der Waals surface area contributed by atoms with Crippen molar-refractivity contribution >= 4 is 11.8 Å². The molecule has 1 unspecified atom stereocenters. The molecule has 0 aliphatic carbocycles. The third kappa shape index (κ3) is 11.2. The van der Waals surface area contributed by atoms with Crippen molar-refractivity contribution in [1.82, 2.24) is 0 Å². The molecule has 0 radical (unpaired) electrons. The minimum absolute atomic E-state index is 0.273. The highest BCUT2D eigenvalue weighted by Crippen LogP contribution is 2.02. The van der Waals surface area contributed by atoms with Crippen molar-refractivity contribution < 1.29 is 19.8 Å². The van der Waals surface area contributed by atoms with Gasteiger partial charge in [0.2, 0.25) is 0 Å². The summed E-state index contributed by atoms with van der Waals surface area (Å²) in [6.07, 6.45) is 5.06. The number of rotatable bonds is 7. The molecule has 0 amide bonds.